The predicted octanol–water partition coefficient (Wildman–Crippen LogP) is 3.61. The zero-order chi connectivity index (χ0) is 17.1. The largest absolute Gasteiger partial charge is 0.497 e. The molecule has 1 heterocycles. The number of benzene rings is 2. The van der Waals surface area contributed by atoms with Crippen LogP contribution in [0.1, 0.15) is 21.5 Å². The molecular formula is C18H17N3O3. The maximum atomic E-state index is 12.4. The molecule has 2 aromatic carbocycles. The van der Waals surface area contributed by atoms with Crippen molar-refractivity contribution >= 4 is 11.7 Å². The van der Waals surface area contributed by atoms with Crippen LogP contribution in [0.2, 0.25) is 0 Å². The van der Waals surface area contributed by atoms with E-state index in [-0.39, 0.29) is 5.91 Å². The number of nitrogens with zero attached hydrogens (tertiary/aromatic N) is 2. The predicted molar refractivity (Wildman–Crippen MR) is 90.2 cm³/mol. The molecule has 6 nitrogen and oxygen atoms in total. The van der Waals surface area contributed by atoms with E-state index in [1.165, 1.54) is 5.56 Å². The van der Waals surface area contributed by atoms with Gasteiger partial charge >= 0.3 is 0 Å². The van der Waals surface area contributed by atoms with E-state index in [4.69, 9.17) is 9.37 Å². The fourth-order valence-electron chi connectivity index (χ4n) is 2.27. The minimum absolute atomic E-state index is 0.291. The maximum Gasteiger partial charge on any atom is 0.256 e. The highest BCUT2D eigenvalue weighted by Gasteiger charge is 2.16. The second-order valence-corrected chi connectivity index (χ2v) is 5.44. The van der Waals surface area contributed by atoms with E-state index in [1.807, 2.05) is 32.0 Å². The van der Waals surface area contributed by atoms with E-state index >= 15 is 0 Å². The maximum absolute atomic E-state index is 12.4. The standard InChI is InChI=1S/C18H17N3O3/c1-11-4-5-14(10-12(11)2)16-17(21-24-20-16)19-18(22)13-6-8-15(23-3)9-7-13/h4-10H,1-3H3,(H,19,21,22). The number of carbonyl (C=O) groups excluding carboxylic acids is 1. The lowest BCUT2D eigenvalue weighted by atomic mass is 10.0. The molecule has 24 heavy (non-hydrogen) atoms. The molecule has 1 aromatic heterocycles. The average molecular weight is 323 g/mol. The van der Waals surface area contributed by atoms with E-state index in [0.717, 1.165) is 11.1 Å². The van der Waals surface area contributed by atoms with Gasteiger partial charge in [-0.2, -0.15) is 0 Å². The first kappa shape index (κ1) is 15.7. The fourth-order valence-corrected chi connectivity index (χ4v) is 2.27. The van der Waals surface area contributed by atoms with Crippen molar-refractivity contribution in [3.05, 3.63) is 59.2 Å². The highest BCUT2D eigenvalue weighted by Crippen LogP contribution is 2.26. The summed E-state index contributed by atoms with van der Waals surface area (Å²) in [5.74, 6) is 0.683. The third kappa shape index (κ3) is 3.12. The number of methoxy groups -OCH3 is 1. The minimum Gasteiger partial charge on any atom is -0.497 e. The van der Waals surface area contributed by atoms with Crippen LogP contribution in [-0.4, -0.2) is 23.3 Å². The van der Waals surface area contributed by atoms with E-state index in [2.05, 4.69) is 15.6 Å². The van der Waals surface area contributed by atoms with Gasteiger partial charge in [-0.3, -0.25) is 4.79 Å². The summed E-state index contributed by atoms with van der Waals surface area (Å²) in [5.41, 5.74) is 4.14. The average Bonchev–Trinajstić information content (AvgIpc) is 3.05. The number of nitrogens with one attached hydrogen (secondary N) is 1. The van der Waals surface area contributed by atoms with Crippen LogP contribution >= 0.6 is 0 Å². The summed E-state index contributed by atoms with van der Waals surface area (Å²) >= 11 is 0. The molecule has 6 heteroatoms. The number of aryl methyl sites for hydroxylation is 2. The van der Waals surface area contributed by atoms with E-state index in [1.54, 1.807) is 31.4 Å². The first-order valence-electron chi connectivity index (χ1n) is 7.44. The zero-order valence-electron chi connectivity index (χ0n) is 13.7. The molecule has 0 fully saturated rings. The molecule has 1 amide bonds. The van der Waals surface area contributed by atoms with E-state index in [0.29, 0.717) is 22.8 Å². The summed E-state index contributed by atoms with van der Waals surface area (Å²) in [7, 11) is 1.58. The molecule has 0 aliphatic heterocycles. The zero-order valence-corrected chi connectivity index (χ0v) is 13.7. The van der Waals surface area contributed by atoms with Gasteiger partial charge in [-0.15, -0.1) is 0 Å². The Morgan fingerprint density at radius 1 is 1.04 bits per heavy atom. The minimum atomic E-state index is -0.293. The first-order valence-corrected chi connectivity index (χ1v) is 7.44. The number of rotatable bonds is 4. The molecule has 3 rings (SSSR count). The lowest BCUT2D eigenvalue weighted by Crippen LogP contribution is -2.12. The smallest absolute Gasteiger partial charge is 0.256 e. The van der Waals surface area contributed by atoms with Gasteiger partial charge in [-0.25, -0.2) is 4.63 Å². The number of ether oxygens (including phenoxy) is 1. The Hall–Kier alpha value is -3.15. The summed E-state index contributed by atoms with van der Waals surface area (Å²) in [6, 6.07) is 12.7. The lowest BCUT2D eigenvalue weighted by Gasteiger charge is -2.06. The molecule has 1 N–H and O–H groups in total. The molecule has 122 valence electrons. The van der Waals surface area contributed by atoms with Gasteiger partial charge in [-0.05, 0) is 65.6 Å². The normalized spacial score (nSPS) is 10.5. The van der Waals surface area contributed by atoms with Crippen molar-refractivity contribution in [2.24, 2.45) is 0 Å². The third-order valence-electron chi connectivity index (χ3n) is 3.85. The molecule has 0 unspecified atom stereocenters. The van der Waals surface area contributed by atoms with Crippen LogP contribution in [0.5, 0.6) is 5.75 Å². The highest BCUT2D eigenvalue weighted by atomic mass is 16.6. The van der Waals surface area contributed by atoms with Crippen LogP contribution in [0.3, 0.4) is 0 Å². The van der Waals surface area contributed by atoms with Crippen LogP contribution in [0.4, 0.5) is 5.82 Å². The Labute approximate surface area is 139 Å². The molecule has 0 spiro atoms. The summed E-state index contributed by atoms with van der Waals surface area (Å²) in [4.78, 5) is 12.4. The monoisotopic (exact) mass is 323 g/mol. The summed E-state index contributed by atoms with van der Waals surface area (Å²) < 4.78 is 9.89. The molecule has 0 bridgehead atoms. The summed E-state index contributed by atoms with van der Waals surface area (Å²) in [6.45, 7) is 4.05. The topological polar surface area (TPSA) is 77.2 Å². The van der Waals surface area contributed by atoms with Crippen molar-refractivity contribution in [3.63, 3.8) is 0 Å². The van der Waals surface area contributed by atoms with Gasteiger partial charge in [0.15, 0.2) is 5.69 Å². The van der Waals surface area contributed by atoms with Crippen molar-refractivity contribution < 1.29 is 14.2 Å². The molecule has 0 atom stereocenters. The summed E-state index contributed by atoms with van der Waals surface area (Å²) in [5, 5.41) is 10.4. The van der Waals surface area contributed by atoms with Crippen LogP contribution < -0.4 is 10.1 Å². The molecule has 0 saturated carbocycles. The van der Waals surface area contributed by atoms with E-state index < -0.39 is 0 Å². The van der Waals surface area contributed by atoms with Crippen LogP contribution in [0.25, 0.3) is 11.3 Å². The van der Waals surface area contributed by atoms with Crippen molar-refractivity contribution in [2.45, 2.75) is 13.8 Å². The van der Waals surface area contributed by atoms with Gasteiger partial charge in [-0.1, -0.05) is 12.1 Å². The van der Waals surface area contributed by atoms with Gasteiger partial charge in [0.2, 0.25) is 5.82 Å². The number of carbonyl (C=O) groups is 1. The Morgan fingerprint density at radius 3 is 2.46 bits per heavy atom. The highest BCUT2D eigenvalue weighted by molar-refractivity contribution is 6.05. The third-order valence-corrected chi connectivity index (χ3v) is 3.85. The molecule has 0 aliphatic rings. The van der Waals surface area contributed by atoms with Gasteiger partial charge in [0.05, 0.1) is 7.11 Å². The number of anilines is 1. The Balaban J connectivity index is 1.84. The number of hydrogen-bond acceptors (Lipinski definition) is 5. The van der Waals surface area contributed by atoms with E-state index in [9.17, 15) is 4.79 Å². The second kappa shape index (κ2) is 6.54. The van der Waals surface area contributed by atoms with Gasteiger partial charge < -0.3 is 10.1 Å². The van der Waals surface area contributed by atoms with Crippen molar-refractivity contribution in [3.8, 4) is 17.0 Å². The molecular weight excluding hydrogens is 306 g/mol. The van der Waals surface area contributed by atoms with Crippen LogP contribution in [-0.2, 0) is 0 Å². The molecule has 0 aliphatic carbocycles. The quantitative estimate of drug-likeness (QED) is 0.793. The SMILES string of the molecule is COc1ccc(C(=O)Nc2nonc2-c2ccc(C)c(C)c2)cc1. The summed E-state index contributed by atoms with van der Waals surface area (Å²) in [6.07, 6.45) is 0. The van der Waals surface area contributed by atoms with Crippen molar-refractivity contribution in [2.75, 3.05) is 12.4 Å². The number of hydrogen-bond donors (Lipinski definition) is 1. The van der Waals surface area contributed by atoms with Crippen LogP contribution in [0, 0.1) is 13.8 Å². The Bertz CT molecular complexity index is 869. The Morgan fingerprint density at radius 2 is 1.79 bits per heavy atom. The lowest BCUT2D eigenvalue weighted by molar-refractivity contribution is 0.102. The first-order chi connectivity index (χ1) is 11.6. The van der Waals surface area contributed by atoms with Gasteiger partial charge in [0, 0.05) is 11.1 Å². The van der Waals surface area contributed by atoms with Gasteiger partial charge in [0.25, 0.3) is 5.91 Å². The fraction of sp³-hybridized carbons (Fsp3) is 0.167. The number of amides is 1. The molecule has 3 aromatic rings. The number of aromatic nitrogens is 2. The van der Waals surface area contributed by atoms with Crippen LogP contribution in [0.15, 0.2) is 47.1 Å². The molecule has 0 saturated heterocycles. The second-order valence-electron chi connectivity index (χ2n) is 5.44. The van der Waals surface area contributed by atoms with Gasteiger partial charge in [0.1, 0.15) is 5.75 Å². The molecule has 0 radical (unpaired) electrons. The Kier molecular flexibility index (Phi) is 4.29. The van der Waals surface area contributed by atoms with Crippen molar-refractivity contribution in [1.82, 2.24) is 10.3 Å². The van der Waals surface area contributed by atoms with Crippen molar-refractivity contribution in [1.29, 1.82) is 0 Å².